The Labute approximate surface area is 243 Å². The summed E-state index contributed by atoms with van der Waals surface area (Å²) in [6, 6.07) is 7.81. The number of anilines is 1. The molecule has 1 aliphatic heterocycles. The van der Waals surface area contributed by atoms with E-state index in [1.807, 2.05) is 18.9 Å². The number of nitrogens with zero attached hydrogens (tertiary/aromatic N) is 4. The van der Waals surface area contributed by atoms with Crippen molar-refractivity contribution in [3.8, 4) is 22.6 Å². The summed E-state index contributed by atoms with van der Waals surface area (Å²) in [5.74, 6) is -1.05. The second kappa shape index (κ2) is 11.4. The number of imidazole rings is 1. The largest absolute Gasteiger partial charge is 0.433 e. The van der Waals surface area contributed by atoms with Gasteiger partial charge in [-0.1, -0.05) is 17.7 Å². The molecule has 1 aliphatic rings. The lowest BCUT2D eigenvalue weighted by Gasteiger charge is -2.39. The predicted molar refractivity (Wildman–Crippen MR) is 149 cm³/mol. The molecule has 0 saturated carbocycles. The Hall–Kier alpha value is -4.43. The van der Waals surface area contributed by atoms with E-state index in [2.05, 4.69) is 30.7 Å². The summed E-state index contributed by atoms with van der Waals surface area (Å²) in [5, 5.41) is 12.0. The van der Waals surface area contributed by atoms with Gasteiger partial charge in [-0.25, -0.2) is 4.98 Å². The van der Waals surface area contributed by atoms with Gasteiger partial charge in [0.05, 0.1) is 45.6 Å². The van der Waals surface area contributed by atoms with Gasteiger partial charge in [0, 0.05) is 31.7 Å². The number of rotatable bonds is 6. The van der Waals surface area contributed by atoms with Crippen LogP contribution in [0.5, 0.6) is 0 Å². The molecule has 0 bridgehead atoms. The number of nitrogen functional groups attached to an aromatic ring is 1. The van der Waals surface area contributed by atoms with Gasteiger partial charge in [-0.2, -0.15) is 18.3 Å². The van der Waals surface area contributed by atoms with Gasteiger partial charge in [0.2, 0.25) is 0 Å². The smallest absolute Gasteiger partial charge is 0.397 e. The van der Waals surface area contributed by atoms with Crippen molar-refractivity contribution in [2.24, 2.45) is 0 Å². The lowest BCUT2D eigenvalue weighted by atomic mass is 10.1. The first-order valence-corrected chi connectivity index (χ1v) is 13.3. The molecule has 0 aliphatic carbocycles. The molecular formula is C27H27ClF3N9O2. The van der Waals surface area contributed by atoms with Crippen LogP contribution in [0.4, 0.5) is 18.9 Å². The van der Waals surface area contributed by atoms with E-state index < -0.39 is 17.8 Å². The molecule has 1 aromatic carbocycles. The van der Waals surface area contributed by atoms with E-state index in [9.17, 15) is 22.8 Å². The van der Waals surface area contributed by atoms with Crippen LogP contribution in [-0.2, 0) is 12.7 Å². The number of piperazine rings is 1. The van der Waals surface area contributed by atoms with Crippen LogP contribution >= 0.6 is 11.6 Å². The van der Waals surface area contributed by atoms with Gasteiger partial charge in [0.25, 0.3) is 11.8 Å². The van der Waals surface area contributed by atoms with Gasteiger partial charge in [-0.15, -0.1) is 0 Å². The Bertz CT molecular complexity index is 1610. The number of carbonyl (C=O) groups is 2. The highest BCUT2D eigenvalue weighted by molar-refractivity contribution is 6.33. The van der Waals surface area contributed by atoms with Crippen molar-refractivity contribution in [2.45, 2.75) is 38.7 Å². The van der Waals surface area contributed by atoms with Crippen LogP contribution in [0.2, 0.25) is 5.02 Å². The van der Waals surface area contributed by atoms with E-state index in [-0.39, 0.29) is 58.0 Å². The maximum absolute atomic E-state index is 13.8. The second-order valence-corrected chi connectivity index (χ2v) is 10.4. The molecule has 0 unspecified atom stereocenters. The number of H-pyrrole nitrogens is 2. The second-order valence-electron chi connectivity index (χ2n) is 10.0. The normalized spacial score (nSPS) is 17.3. The molecule has 0 spiro atoms. The molecule has 11 nitrogen and oxygen atoms in total. The topological polar surface area (TPSA) is 158 Å². The first kappa shape index (κ1) is 29.1. The van der Waals surface area contributed by atoms with Crippen LogP contribution < -0.4 is 16.4 Å². The summed E-state index contributed by atoms with van der Waals surface area (Å²) in [5.41, 5.74) is 5.45. The van der Waals surface area contributed by atoms with E-state index in [0.29, 0.717) is 29.9 Å². The quantitative estimate of drug-likeness (QED) is 0.224. The highest BCUT2D eigenvalue weighted by Gasteiger charge is 2.39. The Morgan fingerprint density at radius 3 is 2.50 bits per heavy atom. The molecule has 3 aromatic heterocycles. The third-order valence-electron chi connectivity index (χ3n) is 6.92. The van der Waals surface area contributed by atoms with Crippen molar-refractivity contribution in [1.29, 1.82) is 0 Å². The first-order chi connectivity index (χ1) is 19.9. The number of amides is 2. The average molecular weight is 602 g/mol. The molecule has 2 atom stereocenters. The van der Waals surface area contributed by atoms with Crippen molar-refractivity contribution in [3.05, 3.63) is 70.4 Å². The Morgan fingerprint density at radius 2 is 1.86 bits per heavy atom. The lowest BCUT2D eigenvalue weighted by molar-refractivity contribution is -0.140. The zero-order valence-electron chi connectivity index (χ0n) is 22.5. The Morgan fingerprint density at radius 1 is 1.12 bits per heavy atom. The number of hydrogen-bond acceptors (Lipinski definition) is 7. The number of carbonyl (C=O) groups excluding carboxylic acids is 2. The van der Waals surface area contributed by atoms with Crippen LogP contribution in [-0.4, -0.2) is 67.0 Å². The van der Waals surface area contributed by atoms with Crippen molar-refractivity contribution >= 4 is 29.1 Å². The molecule has 220 valence electrons. The minimum atomic E-state index is -4.77. The molecule has 15 heteroatoms. The maximum Gasteiger partial charge on any atom is 0.433 e. The van der Waals surface area contributed by atoms with Crippen LogP contribution in [0, 0.1) is 0 Å². The Balaban J connectivity index is 1.32. The van der Waals surface area contributed by atoms with E-state index in [4.69, 9.17) is 17.3 Å². The fourth-order valence-corrected chi connectivity index (χ4v) is 5.17. The number of halogens is 4. The molecule has 4 aromatic rings. The zero-order valence-corrected chi connectivity index (χ0v) is 23.3. The van der Waals surface area contributed by atoms with Crippen LogP contribution in [0.3, 0.4) is 0 Å². The van der Waals surface area contributed by atoms with Gasteiger partial charge >= 0.3 is 6.18 Å². The summed E-state index contributed by atoms with van der Waals surface area (Å²) < 4.78 is 41.4. The lowest BCUT2D eigenvalue weighted by Crippen LogP contribution is -2.57. The molecule has 42 heavy (non-hydrogen) atoms. The molecule has 5 rings (SSSR count). The number of nitrogens with two attached hydrogens (primary N) is 1. The molecular weight excluding hydrogens is 575 g/mol. The number of aromatic nitrogens is 5. The summed E-state index contributed by atoms with van der Waals surface area (Å²) in [7, 11) is 0. The number of aromatic amines is 2. The Kier molecular flexibility index (Phi) is 7.93. The predicted octanol–water partition coefficient (Wildman–Crippen LogP) is 3.87. The van der Waals surface area contributed by atoms with Gasteiger partial charge in [0.15, 0.2) is 5.82 Å². The van der Waals surface area contributed by atoms with Crippen LogP contribution in [0.25, 0.3) is 22.6 Å². The van der Waals surface area contributed by atoms with Gasteiger partial charge in [-0.05, 0) is 43.7 Å². The molecule has 2 amide bonds. The fraction of sp³-hybridized carbons (Fsp3) is 0.296. The molecule has 1 saturated heterocycles. The van der Waals surface area contributed by atoms with Gasteiger partial charge < -0.3 is 26.3 Å². The molecule has 1 fully saturated rings. The number of benzene rings is 1. The van der Waals surface area contributed by atoms with Crippen molar-refractivity contribution in [2.75, 3.05) is 18.8 Å². The number of alkyl halides is 3. The SMILES string of the molecule is C[C@@H]1CNC[C@H](C)N1C(=O)c1ccc(CNC(=O)c2ncc(-c3c(-c4ccc(N)cn4)n[nH]c3C(F)(F)F)[nH]2)cc1Cl. The van der Waals surface area contributed by atoms with Gasteiger partial charge in [0.1, 0.15) is 11.4 Å². The van der Waals surface area contributed by atoms with Crippen LogP contribution in [0.1, 0.15) is 46.1 Å². The van der Waals surface area contributed by atoms with Crippen molar-refractivity contribution in [1.82, 2.24) is 40.7 Å². The number of nitrogens with one attached hydrogen (secondary N) is 4. The highest BCUT2D eigenvalue weighted by Crippen LogP contribution is 2.40. The standard InChI is InChI=1S/C27H27ClF3N9O2/c1-13-8-33-9-14(2)40(13)26(42)17-5-3-15(7-18(17)28)10-36-25(41)24-35-12-20(37-24)21-22(19-6-4-16(32)11-34-19)38-39-23(21)27(29,30)31/h3-7,11-14,33H,8-10,32H2,1-2H3,(H,35,37)(H,36,41)(H,38,39)/t13-,14+. The average Bonchev–Trinajstić information content (AvgIpc) is 3.60. The minimum absolute atomic E-state index is 0.00237. The fourth-order valence-electron chi connectivity index (χ4n) is 4.88. The number of hydrogen-bond donors (Lipinski definition) is 5. The number of pyridine rings is 1. The highest BCUT2D eigenvalue weighted by atomic mass is 35.5. The van der Waals surface area contributed by atoms with Crippen molar-refractivity contribution < 1.29 is 22.8 Å². The zero-order chi connectivity index (χ0) is 30.2. The maximum atomic E-state index is 13.8. The monoisotopic (exact) mass is 601 g/mol. The van der Waals surface area contributed by atoms with E-state index in [1.54, 1.807) is 23.1 Å². The van der Waals surface area contributed by atoms with E-state index in [0.717, 1.165) is 6.20 Å². The summed E-state index contributed by atoms with van der Waals surface area (Å²) in [6.07, 6.45) is -2.35. The summed E-state index contributed by atoms with van der Waals surface area (Å²) in [4.78, 5) is 38.5. The summed E-state index contributed by atoms with van der Waals surface area (Å²) in [6.45, 7) is 5.33. The third kappa shape index (κ3) is 5.81. The minimum Gasteiger partial charge on any atom is -0.397 e. The first-order valence-electron chi connectivity index (χ1n) is 13.0. The molecule has 4 heterocycles. The van der Waals surface area contributed by atoms with E-state index >= 15 is 0 Å². The van der Waals surface area contributed by atoms with Crippen LogP contribution in [0.15, 0.2) is 42.7 Å². The summed E-state index contributed by atoms with van der Waals surface area (Å²) >= 11 is 6.45. The van der Waals surface area contributed by atoms with E-state index in [1.165, 1.54) is 18.3 Å². The molecule has 0 radical (unpaired) electrons. The van der Waals surface area contributed by atoms with Crippen molar-refractivity contribution in [3.63, 3.8) is 0 Å². The molecule has 6 N–H and O–H groups in total. The van der Waals surface area contributed by atoms with Gasteiger partial charge in [-0.3, -0.25) is 19.7 Å². The third-order valence-corrected chi connectivity index (χ3v) is 7.23.